The number of hydrogen-bond donors (Lipinski definition) is 0. The van der Waals surface area contributed by atoms with Crippen LogP contribution in [-0.2, 0) is 9.47 Å². The third-order valence-corrected chi connectivity index (χ3v) is 6.95. The van der Waals surface area contributed by atoms with Crippen LogP contribution in [0, 0.1) is 0 Å². The molecule has 1 saturated carbocycles. The van der Waals surface area contributed by atoms with Crippen molar-refractivity contribution < 1.29 is 35.8 Å². The highest BCUT2D eigenvalue weighted by molar-refractivity contribution is 6.00. The van der Waals surface area contributed by atoms with Crippen molar-refractivity contribution in [1.29, 1.82) is 0 Å². The van der Waals surface area contributed by atoms with E-state index in [0.29, 0.717) is 11.1 Å². The number of nitrogens with zero attached hydrogens (tertiary/aromatic N) is 3. The van der Waals surface area contributed by atoms with Crippen LogP contribution in [0.15, 0.2) is 87.5 Å². The highest BCUT2D eigenvalue weighted by atomic mass is 19.3. The van der Waals surface area contributed by atoms with Crippen molar-refractivity contribution in [3.63, 3.8) is 0 Å². The van der Waals surface area contributed by atoms with Gasteiger partial charge in [-0.15, -0.1) is 0 Å². The molecule has 2 atom stereocenters. The van der Waals surface area contributed by atoms with Gasteiger partial charge in [-0.1, -0.05) is 18.2 Å². The largest absolute Gasteiger partial charge is 0.440 e. The first-order chi connectivity index (χ1) is 16.4. The Bertz CT molecular complexity index is 1300. The van der Waals surface area contributed by atoms with Crippen LogP contribution in [0.25, 0.3) is 0 Å². The molecular formula is C24H15F6N3O2. The lowest BCUT2D eigenvalue weighted by molar-refractivity contribution is -0.258. The molecular weight excluding hydrogens is 476 g/mol. The van der Waals surface area contributed by atoms with E-state index in [9.17, 15) is 8.78 Å². The summed E-state index contributed by atoms with van der Waals surface area (Å²) in [5.74, 6) is -18.3. The molecule has 0 saturated heterocycles. The van der Waals surface area contributed by atoms with Gasteiger partial charge in [-0.25, -0.2) is 9.98 Å². The van der Waals surface area contributed by atoms with Crippen LogP contribution >= 0.6 is 0 Å². The second kappa shape index (κ2) is 6.32. The molecule has 1 fully saturated rings. The Morgan fingerprint density at radius 3 is 1.51 bits per heavy atom. The summed E-state index contributed by atoms with van der Waals surface area (Å²) in [5, 5.41) is 0. The molecule has 11 heteroatoms. The number of aliphatic imine (C=N–C) groups is 2. The number of pyridine rings is 1. The van der Waals surface area contributed by atoms with Crippen molar-refractivity contribution in [1.82, 2.24) is 4.98 Å². The third kappa shape index (κ3) is 2.38. The SMILES string of the molecule is CC12N=C(c3ccccc3)OC1=C1C(=C3OC(c4ccncc4)=NC32C)C(F)(F)C(F)(F)C1(F)F. The average Bonchev–Trinajstić information content (AvgIpc) is 3.40. The van der Waals surface area contributed by atoms with Crippen LogP contribution in [0.2, 0.25) is 0 Å². The number of benzene rings is 1. The number of rotatable bonds is 2. The summed E-state index contributed by atoms with van der Waals surface area (Å²) in [6.07, 6.45) is 2.77. The Hall–Kier alpha value is -3.63. The first-order valence-corrected chi connectivity index (χ1v) is 10.5. The highest BCUT2D eigenvalue weighted by Crippen LogP contribution is 2.69. The smallest absolute Gasteiger partial charge is 0.380 e. The molecule has 0 radical (unpaired) electrons. The minimum Gasteiger partial charge on any atom is -0.440 e. The molecule has 0 spiro atoms. The lowest BCUT2D eigenvalue weighted by Crippen LogP contribution is -2.51. The Morgan fingerprint density at radius 1 is 0.629 bits per heavy atom. The maximum absolute atomic E-state index is 15.1. The lowest BCUT2D eigenvalue weighted by Gasteiger charge is -2.40. The average molecular weight is 491 g/mol. The molecule has 2 aliphatic carbocycles. The van der Waals surface area contributed by atoms with Crippen molar-refractivity contribution in [2.75, 3.05) is 0 Å². The maximum atomic E-state index is 15.1. The van der Waals surface area contributed by atoms with Gasteiger partial charge in [-0.3, -0.25) is 4.98 Å². The van der Waals surface area contributed by atoms with Gasteiger partial charge >= 0.3 is 17.8 Å². The third-order valence-electron chi connectivity index (χ3n) is 6.95. The molecule has 4 aliphatic rings. The van der Waals surface area contributed by atoms with Crippen LogP contribution < -0.4 is 0 Å². The maximum Gasteiger partial charge on any atom is 0.380 e. The van der Waals surface area contributed by atoms with Gasteiger partial charge < -0.3 is 9.47 Å². The molecule has 1 aromatic carbocycles. The Morgan fingerprint density at radius 2 is 1.06 bits per heavy atom. The molecule has 0 bridgehead atoms. The van der Waals surface area contributed by atoms with E-state index in [-0.39, 0.29) is 11.8 Å². The minimum absolute atomic E-state index is 0.181. The summed E-state index contributed by atoms with van der Waals surface area (Å²) < 4.78 is 101. The van der Waals surface area contributed by atoms with Crippen molar-refractivity contribution in [3.8, 4) is 0 Å². The van der Waals surface area contributed by atoms with E-state index in [0.717, 1.165) is 0 Å². The van der Waals surface area contributed by atoms with Crippen LogP contribution in [-0.4, -0.2) is 45.6 Å². The molecule has 2 aromatic rings. The molecule has 5 nitrogen and oxygen atoms in total. The standard InChI is InChI=1S/C24H15F6N3O2/c1-20-16(34-18(32-20)12-6-4-3-5-7-12)14-15(23(27,28)24(29,30)22(14,25)26)17-21(20,2)33-19(35-17)13-8-10-31-11-9-13/h3-11H,1-2H3. The van der Waals surface area contributed by atoms with Crippen molar-refractivity contribution in [2.24, 2.45) is 9.98 Å². The van der Waals surface area contributed by atoms with Crippen molar-refractivity contribution in [2.45, 2.75) is 42.7 Å². The number of alkyl halides is 6. The normalized spacial score (nSPS) is 31.2. The molecule has 0 amide bonds. The highest BCUT2D eigenvalue weighted by Gasteiger charge is 2.86. The van der Waals surface area contributed by atoms with Gasteiger partial charge in [0, 0.05) is 23.5 Å². The Kier molecular flexibility index (Phi) is 3.95. The fourth-order valence-electron chi connectivity index (χ4n) is 4.85. The summed E-state index contributed by atoms with van der Waals surface area (Å²) in [5.41, 5.74) is -6.39. The van der Waals surface area contributed by atoms with Crippen LogP contribution in [0.4, 0.5) is 26.3 Å². The number of allylic oxidation sites excluding steroid dienone is 2. The number of fused-ring (bicyclic) bond motifs is 4. The van der Waals surface area contributed by atoms with E-state index in [4.69, 9.17) is 9.47 Å². The second-order valence-electron chi connectivity index (χ2n) is 8.92. The summed E-state index contributed by atoms with van der Waals surface area (Å²) in [4.78, 5) is 12.8. The summed E-state index contributed by atoms with van der Waals surface area (Å²) in [7, 11) is 0. The number of aromatic nitrogens is 1. The van der Waals surface area contributed by atoms with E-state index in [1.807, 2.05) is 0 Å². The molecule has 2 unspecified atom stereocenters. The summed E-state index contributed by atoms with van der Waals surface area (Å²) in [6, 6.07) is 11.0. The molecule has 3 heterocycles. The first-order valence-electron chi connectivity index (χ1n) is 10.5. The molecule has 180 valence electrons. The molecule has 2 aliphatic heterocycles. The van der Waals surface area contributed by atoms with Gasteiger partial charge in [0.25, 0.3) is 0 Å². The molecule has 35 heavy (non-hydrogen) atoms. The van der Waals surface area contributed by atoms with E-state index >= 15 is 17.6 Å². The summed E-state index contributed by atoms with van der Waals surface area (Å²) in [6.45, 7) is 2.65. The van der Waals surface area contributed by atoms with Crippen LogP contribution in [0.1, 0.15) is 25.0 Å². The fourth-order valence-corrected chi connectivity index (χ4v) is 4.85. The summed E-state index contributed by atoms with van der Waals surface area (Å²) >= 11 is 0. The van der Waals surface area contributed by atoms with Crippen LogP contribution in [0.3, 0.4) is 0 Å². The lowest BCUT2D eigenvalue weighted by atomic mass is 9.70. The predicted octanol–water partition coefficient (Wildman–Crippen LogP) is 5.29. The molecule has 0 N–H and O–H groups in total. The number of halogens is 6. The van der Waals surface area contributed by atoms with Gasteiger partial charge in [0.2, 0.25) is 11.8 Å². The monoisotopic (exact) mass is 491 g/mol. The van der Waals surface area contributed by atoms with Gasteiger partial charge in [-0.2, -0.15) is 26.3 Å². The van der Waals surface area contributed by atoms with Crippen LogP contribution in [0.5, 0.6) is 0 Å². The van der Waals surface area contributed by atoms with Gasteiger partial charge in [-0.05, 0) is 38.1 Å². The van der Waals surface area contributed by atoms with Gasteiger partial charge in [0.05, 0.1) is 11.1 Å². The van der Waals surface area contributed by atoms with Crippen molar-refractivity contribution in [3.05, 3.63) is 88.6 Å². The van der Waals surface area contributed by atoms with E-state index in [1.54, 1.807) is 30.3 Å². The zero-order valence-corrected chi connectivity index (χ0v) is 18.1. The van der Waals surface area contributed by atoms with E-state index in [2.05, 4.69) is 15.0 Å². The quantitative estimate of drug-likeness (QED) is 0.537. The Labute approximate surface area is 194 Å². The van der Waals surface area contributed by atoms with Crippen molar-refractivity contribution >= 4 is 11.8 Å². The predicted molar refractivity (Wildman–Crippen MR) is 112 cm³/mol. The van der Waals surface area contributed by atoms with E-state index in [1.165, 1.54) is 38.4 Å². The van der Waals surface area contributed by atoms with Gasteiger partial charge in [0.1, 0.15) is 11.5 Å². The topological polar surface area (TPSA) is 56.1 Å². The Balaban J connectivity index is 1.67. The fraction of sp³-hybridized carbons (Fsp3) is 0.292. The zero-order chi connectivity index (χ0) is 25.0. The second-order valence-corrected chi connectivity index (χ2v) is 8.92. The molecule has 6 rings (SSSR count). The first kappa shape index (κ1) is 21.9. The minimum atomic E-state index is -5.74. The van der Waals surface area contributed by atoms with Gasteiger partial charge in [0.15, 0.2) is 11.1 Å². The zero-order valence-electron chi connectivity index (χ0n) is 18.1. The number of ether oxygens (including phenoxy) is 2. The van der Waals surface area contributed by atoms with E-state index < -0.39 is 51.5 Å². The number of hydrogen-bond acceptors (Lipinski definition) is 5. The molecule has 1 aromatic heterocycles.